The van der Waals surface area contributed by atoms with Gasteiger partial charge in [0.15, 0.2) is 0 Å². The van der Waals surface area contributed by atoms with Crippen LogP contribution in [0.5, 0.6) is 23.0 Å². The average Bonchev–Trinajstić information content (AvgIpc) is 2.78. The molecule has 0 saturated heterocycles. The van der Waals surface area contributed by atoms with Gasteiger partial charge in [-0.3, -0.25) is 0 Å². The molecule has 32 heavy (non-hydrogen) atoms. The van der Waals surface area contributed by atoms with Crippen LogP contribution in [0.1, 0.15) is 37.3 Å². The fraction of sp³-hybridized carbons (Fsp3) is 0.423. The van der Waals surface area contributed by atoms with Crippen molar-refractivity contribution in [2.75, 3.05) is 33.5 Å². The van der Waals surface area contributed by atoms with E-state index in [2.05, 4.69) is 23.8 Å². The van der Waals surface area contributed by atoms with E-state index in [1.807, 2.05) is 55.5 Å². The van der Waals surface area contributed by atoms with Gasteiger partial charge in [0.1, 0.15) is 43.3 Å². The molecule has 2 aromatic rings. The molecule has 0 aliphatic carbocycles. The lowest BCUT2D eigenvalue weighted by Crippen LogP contribution is -2.03. The Hall–Kier alpha value is -3.15. The summed E-state index contributed by atoms with van der Waals surface area (Å²) in [5.74, 6) is 3.43. The van der Waals surface area contributed by atoms with E-state index in [4.69, 9.17) is 18.9 Å². The number of nitrogens with zero attached hydrogens (tertiary/aromatic N) is 1. The van der Waals surface area contributed by atoms with Crippen LogP contribution in [0.3, 0.4) is 0 Å². The van der Waals surface area contributed by atoms with Gasteiger partial charge in [0, 0.05) is 0 Å². The predicted octanol–water partition coefficient (Wildman–Crippen LogP) is 5.90. The summed E-state index contributed by atoms with van der Waals surface area (Å²) in [4.78, 5) is 4.59. The zero-order valence-corrected chi connectivity index (χ0v) is 19.6. The van der Waals surface area contributed by atoms with Crippen LogP contribution in [0.15, 0.2) is 53.7 Å². The highest BCUT2D eigenvalue weighted by molar-refractivity contribution is 5.58. The molecule has 2 rings (SSSR count). The molecule has 0 amide bonds. The van der Waals surface area contributed by atoms with Gasteiger partial charge in [0.05, 0.1) is 19.4 Å². The maximum absolute atomic E-state index is 6.03. The summed E-state index contributed by atoms with van der Waals surface area (Å²) in [5.41, 5.74) is 2.20. The summed E-state index contributed by atoms with van der Waals surface area (Å²) >= 11 is 0. The largest absolute Gasteiger partial charge is 0.494 e. The number of benzene rings is 2. The molecule has 6 heteroatoms. The first-order valence-corrected chi connectivity index (χ1v) is 11.0. The summed E-state index contributed by atoms with van der Waals surface area (Å²) in [7, 11) is 1.50. The molecule has 0 bridgehead atoms. The Morgan fingerprint density at radius 3 is 1.97 bits per heavy atom. The Bertz CT molecular complexity index is 823. The Kier molecular flexibility index (Phi) is 11.6. The lowest BCUT2D eigenvalue weighted by Gasteiger charge is -2.14. The lowest BCUT2D eigenvalue weighted by molar-refractivity contribution is 0.212. The zero-order chi connectivity index (χ0) is 23.0. The van der Waals surface area contributed by atoms with Gasteiger partial charge in [0.25, 0.3) is 0 Å². The first-order valence-electron chi connectivity index (χ1n) is 11.0. The van der Waals surface area contributed by atoms with E-state index in [0.717, 1.165) is 53.4 Å². The summed E-state index contributed by atoms with van der Waals surface area (Å²) in [6.07, 6.45) is 8.54. The average molecular weight is 442 g/mol. The molecule has 2 aromatic carbocycles. The fourth-order valence-electron chi connectivity index (χ4n) is 3.08. The maximum Gasteiger partial charge on any atom is 0.127 e. The number of hydrogen-bond donors (Lipinski definition) is 0. The molecule has 0 aliphatic rings. The Labute approximate surface area is 191 Å². The Balaban J connectivity index is 1.62. The van der Waals surface area contributed by atoms with Crippen LogP contribution in [0, 0.1) is 13.8 Å². The molecule has 0 saturated carbocycles. The number of hydrogen-bond acceptors (Lipinski definition) is 6. The van der Waals surface area contributed by atoms with Crippen molar-refractivity contribution in [1.82, 2.24) is 0 Å². The van der Waals surface area contributed by atoms with Crippen molar-refractivity contribution in [1.29, 1.82) is 0 Å². The molecule has 0 aliphatic heterocycles. The van der Waals surface area contributed by atoms with Crippen molar-refractivity contribution in [3.8, 4) is 23.0 Å². The van der Waals surface area contributed by atoms with Crippen LogP contribution < -0.4 is 18.9 Å². The minimum Gasteiger partial charge on any atom is -0.494 e. The molecule has 0 aromatic heterocycles. The highest BCUT2D eigenvalue weighted by Crippen LogP contribution is 2.28. The van der Waals surface area contributed by atoms with Crippen LogP contribution >= 0.6 is 0 Å². The van der Waals surface area contributed by atoms with Gasteiger partial charge in [0.2, 0.25) is 0 Å². The van der Waals surface area contributed by atoms with Crippen molar-refractivity contribution in [2.24, 2.45) is 5.16 Å². The van der Waals surface area contributed by atoms with E-state index in [9.17, 15) is 0 Å². The Morgan fingerprint density at radius 1 is 0.750 bits per heavy atom. The number of oxime groups is 1. The first-order chi connectivity index (χ1) is 15.6. The first kappa shape index (κ1) is 25.1. The van der Waals surface area contributed by atoms with Crippen molar-refractivity contribution >= 4 is 6.21 Å². The summed E-state index contributed by atoms with van der Waals surface area (Å²) < 4.78 is 23.1. The molecule has 0 spiro atoms. The van der Waals surface area contributed by atoms with E-state index in [-0.39, 0.29) is 0 Å². The van der Waals surface area contributed by atoms with E-state index < -0.39 is 0 Å². The lowest BCUT2D eigenvalue weighted by atomic mass is 10.1. The molecule has 0 N–H and O–H groups in total. The SMILES string of the molecule is C/C=C/COc1cc(C)c(OCCCCCOc2ccc(OC/C=N/OC)cc2)c(C)c1. The van der Waals surface area contributed by atoms with Gasteiger partial charge in [-0.1, -0.05) is 17.3 Å². The van der Waals surface area contributed by atoms with E-state index in [0.29, 0.717) is 26.4 Å². The van der Waals surface area contributed by atoms with Gasteiger partial charge < -0.3 is 23.8 Å². The van der Waals surface area contributed by atoms with Crippen LogP contribution in [-0.4, -0.2) is 39.8 Å². The van der Waals surface area contributed by atoms with Crippen molar-refractivity contribution in [3.63, 3.8) is 0 Å². The second-order valence-electron chi connectivity index (χ2n) is 7.28. The minimum atomic E-state index is 0.365. The number of unbranched alkanes of at least 4 members (excludes halogenated alkanes) is 2. The number of rotatable bonds is 15. The number of ether oxygens (including phenoxy) is 4. The molecule has 0 radical (unpaired) electrons. The quantitative estimate of drug-likeness (QED) is 0.149. The summed E-state index contributed by atoms with van der Waals surface area (Å²) in [5, 5.41) is 3.63. The molecule has 6 nitrogen and oxygen atoms in total. The van der Waals surface area contributed by atoms with Crippen LogP contribution in [0.4, 0.5) is 0 Å². The predicted molar refractivity (Wildman–Crippen MR) is 129 cm³/mol. The van der Waals surface area contributed by atoms with Crippen molar-refractivity contribution < 1.29 is 23.8 Å². The maximum atomic E-state index is 6.03. The second kappa shape index (κ2) is 14.8. The third kappa shape index (κ3) is 9.33. The fourth-order valence-corrected chi connectivity index (χ4v) is 3.08. The molecule has 0 fully saturated rings. The van der Waals surface area contributed by atoms with Gasteiger partial charge in [-0.25, -0.2) is 0 Å². The van der Waals surface area contributed by atoms with Gasteiger partial charge in [-0.2, -0.15) is 0 Å². The second-order valence-corrected chi connectivity index (χ2v) is 7.28. The van der Waals surface area contributed by atoms with Crippen LogP contribution in [0.2, 0.25) is 0 Å². The van der Waals surface area contributed by atoms with Crippen molar-refractivity contribution in [2.45, 2.75) is 40.0 Å². The molecule has 0 unspecified atom stereocenters. The third-order valence-corrected chi connectivity index (χ3v) is 4.65. The third-order valence-electron chi connectivity index (χ3n) is 4.65. The zero-order valence-electron chi connectivity index (χ0n) is 19.6. The van der Waals surface area contributed by atoms with Gasteiger partial charge >= 0.3 is 0 Å². The molecular weight excluding hydrogens is 406 g/mol. The van der Waals surface area contributed by atoms with Crippen LogP contribution in [0.25, 0.3) is 0 Å². The molecular formula is C26H35NO5. The summed E-state index contributed by atoms with van der Waals surface area (Å²) in [6, 6.07) is 11.6. The highest BCUT2D eigenvalue weighted by atomic mass is 16.6. The van der Waals surface area contributed by atoms with Crippen molar-refractivity contribution in [3.05, 3.63) is 59.7 Å². The van der Waals surface area contributed by atoms with E-state index in [1.165, 1.54) is 7.11 Å². The topological polar surface area (TPSA) is 58.5 Å². The molecule has 174 valence electrons. The standard InChI is InChI=1S/C26H35NO5/c1-5-6-15-30-25-19-21(2)26(22(3)20-25)32-17-9-7-8-16-29-23-10-12-24(13-11-23)31-18-14-27-28-4/h5-6,10-14,19-20H,7-9,15-18H2,1-4H3/b6-5+,27-14+. The highest BCUT2D eigenvalue weighted by Gasteiger charge is 2.07. The molecule has 0 heterocycles. The summed E-state index contributed by atoms with van der Waals surface area (Å²) in [6.45, 7) is 8.42. The normalized spacial score (nSPS) is 11.1. The number of allylic oxidation sites excluding steroid dienone is 1. The number of aryl methyl sites for hydroxylation is 2. The van der Waals surface area contributed by atoms with E-state index >= 15 is 0 Å². The van der Waals surface area contributed by atoms with Gasteiger partial charge in [-0.15, -0.1) is 0 Å². The van der Waals surface area contributed by atoms with Gasteiger partial charge in [-0.05, 0) is 87.6 Å². The molecule has 0 atom stereocenters. The Morgan fingerprint density at radius 2 is 1.34 bits per heavy atom. The smallest absolute Gasteiger partial charge is 0.127 e. The van der Waals surface area contributed by atoms with E-state index in [1.54, 1.807) is 6.21 Å². The minimum absolute atomic E-state index is 0.365. The monoisotopic (exact) mass is 441 g/mol. The van der Waals surface area contributed by atoms with Crippen LogP contribution in [-0.2, 0) is 4.84 Å².